The van der Waals surface area contributed by atoms with Gasteiger partial charge in [0.25, 0.3) is 0 Å². The van der Waals surface area contributed by atoms with Crippen molar-refractivity contribution in [1.82, 2.24) is 9.97 Å². The van der Waals surface area contributed by atoms with E-state index < -0.39 is 0 Å². The Labute approximate surface area is 89.1 Å². The minimum Gasteiger partial charge on any atom is -0.355 e. The van der Waals surface area contributed by atoms with Crippen molar-refractivity contribution in [2.24, 2.45) is 0 Å². The molecule has 1 aliphatic rings. The minimum absolute atomic E-state index is 0.269. The van der Waals surface area contributed by atoms with Crippen molar-refractivity contribution in [3.05, 3.63) is 17.6 Å². The molecule has 1 unspecified atom stereocenters. The van der Waals surface area contributed by atoms with Crippen LogP contribution < -0.4 is 4.90 Å². The maximum atomic E-state index is 6.05. The zero-order valence-electron chi connectivity index (χ0n) is 8.50. The number of anilines is 1. The highest BCUT2D eigenvalue weighted by Gasteiger charge is 2.21. The fourth-order valence-corrected chi connectivity index (χ4v) is 2.05. The van der Waals surface area contributed by atoms with Gasteiger partial charge in [0.05, 0.1) is 5.38 Å². The van der Waals surface area contributed by atoms with E-state index in [0.29, 0.717) is 0 Å². The number of halogens is 1. The molecule has 76 valence electrons. The number of hydrogen-bond acceptors (Lipinski definition) is 3. The Morgan fingerprint density at radius 3 is 2.79 bits per heavy atom. The quantitative estimate of drug-likeness (QED) is 0.665. The SMILES string of the molecule is Cc1cc(N2CCC(Cl)C2)nc(C)n1. The molecule has 0 radical (unpaired) electrons. The van der Waals surface area contributed by atoms with Crippen molar-refractivity contribution in [3.63, 3.8) is 0 Å². The van der Waals surface area contributed by atoms with Crippen molar-refractivity contribution in [1.29, 1.82) is 0 Å². The Kier molecular flexibility index (Phi) is 2.59. The number of nitrogens with zero attached hydrogens (tertiary/aromatic N) is 3. The lowest BCUT2D eigenvalue weighted by molar-refractivity contribution is 0.900. The molecule has 14 heavy (non-hydrogen) atoms. The molecule has 0 aromatic carbocycles. The first-order valence-corrected chi connectivity index (χ1v) is 5.30. The zero-order valence-corrected chi connectivity index (χ0v) is 9.25. The van der Waals surface area contributed by atoms with Crippen LogP contribution in [0.15, 0.2) is 6.07 Å². The van der Waals surface area contributed by atoms with E-state index in [0.717, 1.165) is 36.8 Å². The second-order valence-corrected chi connectivity index (χ2v) is 4.36. The van der Waals surface area contributed by atoms with Crippen molar-refractivity contribution in [3.8, 4) is 0 Å². The Morgan fingerprint density at radius 1 is 1.43 bits per heavy atom. The highest BCUT2D eigenvalue weighted by molar-refractivity contribution is 6.21. The maximum Gasteiger partial charge on any atom is 0.132 e. The summed E-state index contributed by atoms with van der Waals surface area (Å²) < 4.78 is 0. The molecule has 1 atom stereocenters. The predicted molar refractivity (Wildman–Crippen MR) is 58.0 cm³/mol. The van der Waals surface area contributed by atoms with Crippen LogP contribution in [0.1, 0.15) is 17.9 Å². The molecule has 3 nitrogen and oxygen atoms in total. The summed E-state index contributed by atoms with van der Waals surface area (Å²) in [6.07, 6.45) is 1.05. The van der Waals surface area contributed by atoms with Crippen LogP contribution in [0, 0.1) is 13.8 Å². The molecule has 1 aromatic heterocycles. The average molecular weight is 212 g/mol. The lowest BCUT2D eigenvalue weighted by Gasteiger charge is -2.17. The van der Waals surface area contributed by atoms with Gasteiger partial charge in [-0.05, 0) is 20.3 Å². The van der Waals surface area contributed by atoms with Crippen LogP contribution in [-0.4, -0.2) is 28.4 Å². The summed E-state index contributed by atoms with van der Waals surface area (Å²) in [5, 5.41) is 0.269. The summed E-state index contributed by atoms with van der Waals surface area (Å²) in [4.78, 5) is 10.9. The van der Waals surface area contributed by atoms with Crippen molar-refractivity contribution in [2.45, 2.75) is 25.6 Å². The predicted octanol–water partition coefficient (Wildman–Crippen LogP) is 1.91. The Hall–Kier alpha value is -0.830. The van der Waals surface area contributed by atoms with Gasteiger partial charge in [0.15, 0.2) is 0 Å². The van der Waals surface area contributed by atoms with E-state index in [1.807, 2.05) is 19.9 Å². The van der Waals surface area contributed by atoms with Crippen molar-refractivity contribution >= 4 is 17.4 Å². The summed E-state index contributed by atoms with van der Waals surface area (Å²) in [6.45, 7) is 5.82. The maximum absolute atomic E-state index is 6.05. The number of hydrogen-bond donors (Lipinski definition) is 0. The van der Waals surface area contributed by atoms with Crippen LogP contribution in [-0.2, 0) is 0 Å². The molecular weight excluding hydrogens is 198 g/mol. The summed E-state index contributed by atoms with van der Waals surface area (Å²) in [6, 6.07) is 2.02. The summed E-state index contributed by atoms with van der Waals surface area (Å²) in [5.74, 6) is 1.84. The minimum atomic E-state index is 0.269. The van der Waals surface area contributed by atoms with E-state index in [1.165, 1.54) is 0 Å². The number of alkyl halides is 1. The fraction of sp³-hybridized carbons (Fsp3) is 0.600. The first-order chi connectivity index (χ1) is 6.65. The summed E-state index contributed by atoms with van der Waals surface area (Å²) >= 11 is 6.05. The molecule has 0 amide bonds. The molecule has 4 heteroatoms. The highest BCUT2D eigenvalue weighted by Crippen LogP contribution is 2.21. The fourth-order valence-electron chi connectivity index (χ4n) is 1.79. The smallest absolute Gasteiger partial charge is 0.132 e. The monoisotopic (exact) mass is 211 g/mol. The largest absolute Gasteiger partial charge is 0.355 e. The van der Waals surface area contributed by atoms with E-state index in [-0.39, 0.29) is 5.38 Å². The highest BCUT2D eigenvalue weighted by atomic mass is 35.5. The van der Waals surface area contributed by atoms with Gasteiger partial charge in [-0.25, -0.2) is 9.97 Å². The van der Waals surface area contributed by atoms with Gasteiger partial charge in [-0.2, -0.15) is 0 Å². The normalized spacial score (nSPS) is 21.6. The van der Waals surface area contributed by atoms with E-state index in [4.69, 9.17) is 11.6 Å². The molecule has 0 spiro atoms. The Balaban J connectivity index is 2.23. The van der Waals surface area contributed by atoms with Gasteiger partial charge in [-0.1, -0.05) is 0 Å². The third-order valence-electron chi connectivity index (χ3n) is 2.41. The van der Waals surface area contributed by atoms with Crippen molar-refractivity contribution in [2.75, 3.05) is 18.0 Å². The lowest BCUT2D eigenvalue weighted by Crippen LogP contribution is -2.21. The standard InChI is InChI=1S/C10H14ClN3/c1-7-5-10(13-8(2)12-7)14-4-3-9(11)6-14/h5,9H,3-4,6H2,1-2H3. The molecule has 1 fully saturated rings. The van der Waals surface area contributed by atoms with Gasteiger partial charge < -0.3 is 4.90 Å². The first kappa shape index (κ1) is 9.71. The van der Waals surface area contributed by atoms with E-state index >= 15 is 0 Å². The number of rotatable bonds is 1. The number of aryl methyl sites for hydroxylation is 2. The third kappa shape index (κ3) is 1.98. The molecule has 1 aromatic rings. The lowest BCUT2D eigenvalue weighted by atomic mass is 10.4. The van der Waals surface area contributed by atoms with Gasteiger partial charge in [0.2, 0.25) is 0 Å². The van der Waals surface area contributed by atoms with Crippen LogP contribution in [0.25, 0.3) is 0 Å². The summed E-state index contributed by atoms with van der Waals surface area (Å²) in [7, 11) is 0. The molecule has 1 saturated heterocycles. The van der Waals surface area contributed by atoms with Gasteiger partial charge in [0, 0.05) is 24.8 Å². The van der Waals surface area contributed by atoms with Crippen LogP contribution in [0.2, 0.25) is 0 Å². The van der Waals surface area contributed by atoms with E-state index in [2.05, 4.69) is 14.9 Å². The Morgan fingerprint density at radius 2 is 2.21 bits per heavy atom. The summed E-state index contributed by atoms with van der Waals surface area (Å²) in [5.41, 5.74) is 1.02. The first-order valence-electron chi connectivity index (χ1n) is 4.86. The van der Waals surface area contributed by atoms with Gasteiger partial charge in [-0.15, -0.1) is 11.6 Å². The second kappa shape index (κ2) is 3.73. The molecule has 0 aliphatic carbocycles. The van der Waals surface area contributed by atoms with Crippen LogP contribution in [0.3, 0.4) is 0 Å². The molecule has 0 bridgehead atoms. The average Bonchev–Trinajstić information content (AvgIpc) is 2.50. The molecular formula is C10H14ClN3. The van der Waals surface area contributed by atoms with Gasteiger partial charge in [-0.3, -0.25) is 0 Å². The topological polar surface area (TPSA) is 29.0 Å². The molecule has 2 rings (SSSR count). The van der Waals surface area contributed by atoms with Crippen molar-refractivity contribution < 1.29 is 0 Å². The van der Waals surface area contributed by atoms with Crippen LogP contribution >= 0.6 is 11.6 Å². The van der Waals surface area contributed by atoms with Crippen LogP contribution in [0.4, 0.5) is 5.82 Å². The third-order valence-corrected chi connectivity index (χ3v) is 2.76. The molecule has 0 saturated carbocycles. The molecule has 0 N–H and O–H groups in total. The second-order valence-electron chi connectivity index (χ2n) is 3.75. The van der Waals surface area contributed by atoms with Crippen LogP contribution in [0.5, 0.6) is 0 Å². The van der Waals surface area contributed by atoms with Gasteiger partial charge >= 0.3 is 0 Å². The molecule has 1 aliphatic heterocycles. The zero-order chi connectivity index (χ0) is 10.1. The van der Waals surface area contributed by atoms with E-state index in [1.54, 1.807) is 0 Å². The molecule has 2 heterocycles. The van der Waals surface area contributed by atoms with E-state index in [9.17, 15) is 0 Å². The van der Waals surface area contributed by atoms with Gasteiger partial charge in [0.1, 0.15) is 11.6 Å². The Bertz CT molecular complexity index is 320. The number of aromatic nitrogens is 2.